The maximum atomic E-state index is 9.58. The largest absolute Gasteiger partial charge is 0.417 e. The van der Waals surface area contributed by atoms with Gasteiger partial charge in [0.15, 0.2) is 8.32 Å². The highest BCUT2D eigenvalue weighted by Gasteiger charge is 2.31. The van der Waals surface area contributed by atoms with E-state index in [1.165, 1.54) is 18.9 Å². The maximum Gasteiger partial charge on any atom is 0.187 e. The van der Waals surface area contributed by atoms with E-state index in [0.29, 0.717) is 5.92 Å². The van der Waals surface area contributed by atoms with Crippen LogP contribution in [0.15, 0.2) is 0 Å². The molecular formula is C16H32O3Si. The molecule has 0 amide bonds. The fourth-order valence-corrected chi connectivity index (χ4v) is 6.36. The van der Waals surface area contributed by atoms with Crippen molar-refractivity contribution in [2.45, 2.75) is 82.7 Å². The molecule has 0 bridgehead atoms. The molecule has 0 aromatic heterocycles. The lowest BCUT2D eigenvalue weighted by Gasteiger charge is -2.34. The van der Waals surface area contributed by atoms with Crippen LogP contribution < -0.4 is 0 Å². The van der Waals surface area contributed by atoms with Crippen LogP contribution in [0.3, 0.4) is 0 Å². The van der Waals surface area contributed by atoms with Gasteiger partial charge in [-0.15, -0.1) is 0 Å². The summed E-state index contributed by atoms with van der Waals surface area (Å²) in [5, 5.41) is 19.1. The van der Waals surface area contributed by atoms with Crippen LogP contribution >= 0.6 is 0 Å². The Labute approximate surface area is 124 Å². The Hall–Kier alpha value is 0.0969. The molecule has 0 atom stereocenters. The fourth-order valence-electron chi connectivity index (χ4n) is 3.76. The van der Waals surface area contributed by atoms with E-state index in [1.54, 1.807) is 0 Å². The molecule has 118 valence electrons. The monoisotopic (exact) mass is 300 g/mol. The van der Waals surface area contributed by atoms with Crippen molar-refractivity contribution >= 4 is 8.32 Å². The molecule has 0 heterocycles. The third-order valence-electron chi connectivity index (χ3n) is 5.12. The lowest BCUT2D eigenvalue weighted by atomic mass is 9.88. The van der Waals surface area contributed by atoms with E-state index in [9.17, 15) is 10.2 Å². The van der Waals surface area contributed by atoms with Crippen molar-refractivity contribution in [3.05, 3.63) is 0 Å². The first-order valence-corrected chi connectivity index (χ1v) is 11.6. The van der Waals surface area contributed by atoms with Gasteiger partial charge in [-0.3, -0.25) is 0 Å². The average Bonchev–Trinajstić information content (AvgIpc) is 2.41. The summed E-state index contributed by atoms with van der Waals surface area (Å²) in [5.74, 6) is 1.44. The lowest BCUT2D eigenvalue weighted by molar-refractivity contribution is 0.0887. The Morgan fingerprint density at radius 3 is 1.75 bits per heavy atom. The highest BCUT2D eigenvalue weighted by Crippen LogP contribution is 2.32. The summed E-state index contributed by atoms with van der Waals surface area (Å²) in [4.78, 5) is 0. The molecule has 2 aliphatic rings. The predicted octanol–water partition coefficient (Wildman–Crippen LogP) is 3.31. The zero-order valence-corrected chi connectivity index (χ0v) is 14.2. The Morgan fingerprint density at radius 1 is 0.800 bits per heavy atom. The highest BCUT2D eigenvalue weighted by molar-refractivity contribution is 6.71. The van der Waals surface area contributed by atoms with Gasteiger partial charge in [-0.2, -0.15) is 0 Å². The van der Waals surface area contributed by atoms with Crippen LogP contribution in [0.5, 0.6) is 0 Å². The third-order valence-corrected chi connectivity index (χ3v) is 7.63. The second-order valence-electron chi connectivity index (χ2n) is 7.62. The van der Waals surface area contributed by atoms with E-state index in [0.717, 1.165) is 51.0 Å². The molecule has 2 saturated carbocycles. The molecule has 2 N–H and O–H groups in total. The van der Waals surface area contributed by atoms with E-state index in [4.69, 9.17) is 4.43 Å². The number of hydrogen-bond acceptors (Lipinski definition) is 3. The lowest BCUT2D eigenvalue weighted by Crippen LogP contribution is -2.36. The summed E-state index contributed by atoms with van der Waals surface area (Å²) >= 11 is 0. The van der Waals surface area contributed by atoms with E-state index < -0.39 is 8.32 Å². The smallest absolute Gasteiger partial charge is 0.187 e. The highest BCUT2D eigenvalue weighted by atomic mass is 28.4. The van der Waals surface area contributed by atoms with Crippen LogP contribution in [-0.2, 0) is 4.43 Å². The minimum absolute atomic E-state index is 0.0504. The standard InChI is InChI=1S/C16H32O3Si/c1-20(2,12-14-5-9-16(18)10-6-14)19-11-13-3-7-15(17)8-4-13/h13-18H,3-12H2,1-2H3. The SMILES string of the molecule is C[Si](C)(CC1CCC(O)CC1)OCC1CCC(O)CC1. The van der Waals surface area contributed by atoms with Crippen molar-refractivity contribution in [3.8, 4) is 0 Å². The van der Waals surface area contributed by atoms with Crippen molar-refractivity contribution in [1.82, 2.24) is 0 Å². The van der Waals surface area contributed by atoms with Gasteiger partial charge in [-0.05, 0) is 82.3 Å². The predicted molar refractivity (Wildman–Crippen MR) is 84.2 cm³/mol. The van der Waals surface area contributed by atoms with Crippen molar-refractivity contribution < 1.29 is 14.6 Å². The van der Waals surface area contributed by atoms with Gasteiger partial charge in [0.05, 0.1) is 12.2 Å². The van der Waals surface area contributed by atoms with Gasteiger partial charge >= 0.3 is 0 Å². The van der Waals surface area contributed by atoms with E-state index in [1.807, 2.05) is 0 Å². The first kappa shape index (κ1) is 16.5. The van der Waals surface area contributed by atoms with E-state index in [2.05, 4.69) is 13.1 Å². The quantitative estimate of drug-likeness (QED) is 0.766. The zero-order chi connectivity index (χ0) is 14.6. The second kappa shape index (κ2) is 7.39. The van der Waals surface area contributed by atoms with Crippen molar-refractivity contribution in [2.24, 2.45) is 11.8 Å². The van der Waals surface area contributed by atoms with Crippen LogP contribution in [-0.4, -0.2) is 37.3 Å². The maximum absolute atomic E-state index is 9.58. The minimum Gasteiger partial charge on any atom is -0.417 e. The van der Waals surface area contributed by atoms with E-state index in [-0.39, 0.29) is 12.2 Å². The van der Waals surface area contributed by atoms with Gasteiger partial charge in [0.2, 0.25) is 0 Å². The van der Waals surface area contributed by atoms with Crippen LogP contribution in [0, 0.1) is 11.8 Å². The molecule has 0 radical (unpaired) electrons. The van der Waals surface area contributed by atoms with Crippen LogP contribution in [0.25, 0.3) is 0 Å². The Balaban J connectivity index is 1.68. The van der Waals surface area contributed by atoms with E-state index >= 15 is 0 Å². The van der Waals surface area contributed by atoms with Crippen molar-refractivity contribution in [2.75, 3.05) is 6.61 Å². The summed E-state index contributed by atoms with van der Waals surface area (Å²) in [6.45, 7) is 5.59. The zero-order valence-electron chi connectivity index (χ0n) is 13.2. The van der Waals surface area contributed by atoms with Gasteiger partial charge in [0, 0.05) is 6.61 Å². The Kier molecular flexibility index (Phi) is 6.08. The number of hydrogen-bond donors (Lipinski definition) is 2. The Morgan fingerprint density at radius 2 is 1.25 bits per heavy atom. The molecule has 0 aliphatic heterocycles. The first-order chi connectivity index (χ1) is 9.44. The molecule has 2 aliphatic carbocycles. The average molecular weight is 301 g/mol. The molecule has 20 heavy (non-hydrogen) atoms. The van der Waals surface area contributed by atoms with Crippen LogP contribution in [0.4, 0.5) is 0 Å². The molecule has 0 aromatic rings. The molecule has 0 aromatic carbocycles. The van der Waals surface area contributed by atoms with Crippen LogP contribution in [0.2, 0.25) is 19.1 Å². The van der Waals surface area contributed by atoms with Crippen molar-refractivity contribution in [3.63, 3.8) is 0 Å². The molecule has 0 saturated heterocycles. The molecule has 3 nitrogen and oxygen atoms in total. The molecule has 2 fully saturated rings. The van der Waals surface area contributed by atoms with Crippen molar-refractivity contribution in [1.29, 1.82) is 0 Å². The van der Waals surface area contributed by atoms with Gasteiger partial charge in [0.25, 0.3) is 0 Å². The normalized spacial score (nSPS) is 36.0. The number of aliphatic hydroxyl groups is 2. The molecule has 0 spiro atoms. The summed E-state index contributed by atoms with van der Waals surface area (Å²) in [6, 6.07) is 1.25. The summed E-state index contributed by atoms with van der Waals surface area (Å²) < 4.78 is 6.33. The molecule has 0 unspecified atom stereocenters. The first-order valence-electron chi connectivity index (χ1n) is 8.45. The van der Waals surface area contributed by atoms with Crippen LogP contribution in [0.1, 0.15) is 51.4 Å². The summed E-state index contributed by atoms with van der Waals surface area (Å²) in [6.07, 6.45) is 8.37. The number of rotatable bonds is 5. The molecule has 4 heteroatoms. The minimum atomic E-state index is -1.56. The molecular weight excluding hydrogens is 268 g/mol. The van der Waals surface area contributed by atoms with Gasteiger partial charge in [-0.1, -0.05) is 0 Å². The summed E-state index contributed by atoms with van der Waals surface area (Å²) in [7, 11) is -1.56. The van der Waals surface area contributed by atoms with Gasteiger partial charge in [-0.25, -0.2) is 0 Å². The fraction of sp³-hybridized carbons (Fsp3) is 1.00. The van der Waals surface area contributed by atoms with Gasteiger partial charge < -0.3 is 14.6 Å². The number of aliphatic hydroxyl groups excluding tert-OH is 2. The molecule has 2 rings (SSSR count). The second-order valence-corrected chi connectivity index (χ2v) is 11.8. The summed E-state index contributed by atoms with van der Waals surface area (Å²) in [5.41, 5.74) is 0. The topological polar surface area (TPSA) is 49.7 Å². The third kappa shape index (κ3) is 5.47. The Bertz CT molecular complexity index is 279. The van der Waals surface area contributed by atoms with Gasteiger partial charge in [0.1, 0.15) is 0 Å².